The van der Waals surface area contributed by atoms with Crippen molar-refractivity contribution in [1.29, 1.82) is 0 Å². The van der Waals surface area contributed by atoms with Gasteiger partial charge in [0.25, 0.3) is 0 Å². The quantitative estimate of drug-likeness (QED) is 0.348. The maximum absolute atomic E-state index is 11.5. The number of hydrogen-bond acceptors (Lipinski definition) is 5. The van der Waals surface area contributed by atoms with Crippen LogP contribution in [0.15, 0.2) is 12.1 Å². The third-order valence-electron chi connectivity index (χ3n) is 2.85. The molecule has 1 saturated carbocycles. The Labute approximate surface area is 120 Å². The normalized spacial score (nSPS) is 13.8. The Balaban J connectivity index is 1.79. The van der Waals surface area contributed by atoms with Crippen LogP contribution >= 0.6 is 11.6 Å². The van der Waals surface area contributed by atoms with Gasteiger partial charge in [0.1, 0.15) is 5.15 Å². The lowest BCUT2D eigenvalue weighted by Crippen LogP contribution is -2.25. The molecule has 1 amide bonds. The van der Waals surface area contributed by atoms with Crippen LogP contribution in [0, 0.1) is 10.1 Å². The molecule has 2 N–H and O–H groups in total. The molecule has 0 atom stereocenters. The van der Waals surface area contributed by atoms with Crippen LogP contribution in [0.4, 0.5) is 11.5 Å². The van der Waals surface area contributed by atoms with Crippen LogP contribution < -0.4 is 10.6 Å². The summed E-state index contributed by atoms with van der Waals surface area (Å²) in [5, 5.41) is 16.7. The first-order valence-corrected chi connectivity index (χ1v) is 6.78. The van der Waals surface area contributed by atoms with E-state index in [0.717, 1.165) is 12.8 Å². The molecule has 0 unspecified atom stereocenters. The van der Waals surface area contributed by atoms with Crippen molar-refractivity contribution in [3.8, 4) is 0 Å². The number of hydrogen-bond donors (Lipinski definition) is 2. The number of aromatic nitrogens is 1. The average molecular weight is 299 g/mol. The van der Waals surface area contributed by atoms with Crippen LogP contribution in [0.5, 0.6) is 0 Å². The van der Waals surface area contributed by atoms with Gasteiger partial charge in [0, 0.05) is 25.1 Å². The van der Waals surface area contributed by atoms with Crippen molar-refractivity contribution in [3.05, 3.63) is 27.4 Å². The van der Waals surface area contributed by atoms with E-state index in [2.05, 4.69) is 15.6 Å². The second-order valence-corrected chi connectivity index (χ2v) is 5.02. The SMILES string of the molecule is O=C(CCCNc1nc(Cl)ccc1[N+](=O)[O-])NC1CC1. The summed E-state index contributed by atoms with van der Waals surface area (Å²) in [6.45, 7) is 0.423. The van der Waals surface area contributed by atoms with Gasteiger partial charge in [0.05, 0.1) is 4.92 Å². The summed E-state index contributed by atoms with van der Waals surface area (Å²) in [5.74, 6) is 0.146. The van der Waals surface area contributed by atoms with E-state index in [1.165, 1.54) is 12.1 Å². The molecule has 0 spiro atoms. The number of anilines is 1. The Bertz CT molecular complexity index is 519. The molecule has 0 radical (unpaired) electrons. The van der Waals surface area contributed by atoms with Gasteiger partial charge in [0.15, 0.2) is 0 Å². The van der Waals surface area contributed by atoms with Crippen LogP contribution in [-0.4, -0.2) is 28.4 Å². The van der Waals surface area contributed by atoms with E-state index in [9.17, 15) is 14.9 Å². The smallest absolute Gasteiger partial charge is 0.311 e. The van der Waals surface area contributed by atoms with Crippen molar-refractivity contribution in [2.75, 3.05) is 11.9 Å². The Morgan fingerprint density at radius 2 is 2.25 bits per heavy atom. The number of rotatable bonds is 7. The summed E-state index contributed by atoms with van der Waals surface area (Å²) in [4.78, 5) is 25.6. The summed E-state index contributed by atoms with van der Waals surface area (Å²) >= 11 is 5.71. The first-order chi connectivity index (χ1) is 9.56. The lowest BCUT2D eigenvalue weighted by molar-refractivity contribution is -0.384. The van der Waals surface area contributed by atoms with E-state index in [0.29, 0.717) is 25.4 Å². The van der Waals surface area contributed by atoms with Gasteiger partial charge < -0.3 is 10.6 Å². The molecular formula is C12H15ClN4O3. The monoisotopic (exact) mass is 298 g/mol. The van der Waals surface area contributed by atoms with Crippen molar-refractivity contribution >= 4 is 29.0 Å². The molecule has 7 nitrogen and oxygen atoms in total. The molecule has 1 aromatic heterocycles. The largest absolute Gasteiger partial charge is 0.364 e. The fourth-order valence-corrected chi connectivity index (χ4v) is 1.84. The summed E-state index contributed by atoms with van der Waals surface area (Å²) < 4.78 is 0. The van der Waals surface area contributed by atoms with E-state index in [-0.39, 0.29) is 22.6 Å². The second-order valence-electron chi connectivity index (χ2n) is 4.63. The van der Waals surface area contributed by atoms with E-state index >= 15 is 0 Å². The minimum absolute atomic E-state index is 0.0165. The molecule has 8 heteroatoms. The van der Waals surface area contributed by atoms with Gasteiger partial charge in [-0.15, -0.1) is 0 Å². The van der Waals surface area contributed by atoms with Gasteiger partial charge in [0.2, 0.25) is 11.7 Å². The minimum Gasteiger partial charge on any atom is -0.364 e. The van der Waals surface area contributed by atoms with Gasteiger partial charge in [-0.1, -0.05) is 11.6 Å². The molecule has 1 heterocycles. The van der Waals surface area contributed by atoms with Crippen molar-refractivity contribution in [3.63, 3.8) is 0 Å². The molecule has 20 heavy (non-hydrogen) atoms. The zero-order chi connectivity index (χ0) is 14.5. The summed E-state index contributed by atoms with van der Waals surface area (Å²) in [5.41, 5.74) is -0.128. The third kappa shape index (κ3) is 4.34. The molecule has 2 rings (SSSR count). The number of carbonyl (C=O) groups excluding carboxylic acids is 1. The van der Waals surface area contributed by atoms with Crippen molar-refractivity contribution in [2.45, 2.75) is 31.7 Å². The molecule has 1 fully saturated rings. The Morgan fingerprint density at radius 3 is 2.90 bits per heavy atom. The van der Waals surface area contributed by atoms with Gasteiger partial charge in [-0.3, -0.25) is 14.9 Å². The first kappa shape index (κ1) is 14.5. The first-order valence-electron chi connectivity index (χ1n) is 6.40. The standard InChI is InChI=1S/C12H15ClN4O3/c13-10-6-5-9(17(19)20)12(16-10)14-7-1-2-11(18)15-8-3-4-8/h5-6,8H,1-4,7H2,(H,14,16)(H,15,18). The zero-order valence-electron chi connectivity index (χ0n) is 10.8. The number of pyridine rings is 1. The number of nitrogens with zero attached hydrogens (tertiary/aromatic N) is 2. The minimum atomic E-state index is -0.522. The molecule has 0 aliphatic heterocycles. The van der Waals surface area contributed by atoms with E-state index in [1.54, 1.807) is 0 Å². The second kappa shape index (κ2) is 6.51. The predicted molar refractivity (Wildman–Crippen MR) is 74.8 cm³/mol. The number of nitrogens with one attached hydrogen (secondary N) is 2. The van der Waals surface area contributed by atoms with Crippen LogP contribution in [0.2, 0.25) is 5.15 Å². The van der Waals surface area contributed by atoms with Gasteiger partial charge >= 0.3 is 5.69 Å². The molecular weight excluding hydrogens is 284 g/mol. The summed E-state index contributed by atoms with van der Waals surface area (Å²) in [6.07, 6.45) is 3.08. The van der Waals surface area contributed by atoms with Crippen molar-refractivity contribution in [1.82, 2.24) is 10.3 Å². The maximum atomic E-state index is 11.5. The Hall–Kier alpha value is -1.89. The van der Waals surface area contributed by atoms with Crippen LogP contribution in [0.3, 0.4) is 0 Å². The number of carbonyl (C=O) groups is 1. The Morgan fingerprint density at radius 1 is 1.50 bits per heavy atom. The fraction of sp³-hybridized carbons (Fsp3) is 0.500. The fourth-order valence-electron chi connectivity index (χ4n) is 1.69. The molecule has 0 aromatic carbocycles. The lowest BCUT2D eigenvalue weighted by Gasteiger charge is -2.06. The number of nitro groups is 1. The summed E-state index contributed by atoms with van der Waals surface area (Å²) in [7, 11) is 0. The predicted octanol–water partition coefficient (Wildman–Crippen LogP) is 2.11. The van der Waals surface area contributed by atoms with E-state index in [4.69, 9.17) is 11.6 Å². The van der Waals surface area contributed by atoms with Crippen molar-refractivity contribution in [2.24, 2.45) is 0 Å². The molecule has 1 aliphatic rings. The van der Waals surface area contributed by atoms with Gasteiger partial charge in [-0.2, -0.15) is 0 Å². The lowest BCUT2D eigenvalue weighted by atomic mass is 10.3. The Kier molecular flexibility index (Phi) is 4.73. The van der Waals surface area contributed by atoms with Crippen LogP contribution in [-0.2, 0) is 4.79 Å². The topological polar surface area (TPSA) is 97.2 Å². The number of halogens is 1. The highest BCUT2D eigenvalue weighted by atomic mass is 35.5. The third-order valence-corrected chi connectivity index (χ3v) is 3.06. The maximum Gasteiger partial charge on any atom is 0.311 e. The van der Waals surface area contributed by atoms with Crippen LogP contribution in [0.25, 0.3) is 0 Å². The highest BCUT2D eigenvalue weighted by Gasteiger charge is 2.22. The van der Waals surface area contributed by atoms with Gasteiger partial charge in [-0.05, 0) is 25.3 Å². The molecule has 0 bridgehead atoms. The van der Waals surface area contributed by atoms with Crippen LogP contribution in [0.1, 0.15) is 25.7 Å². The number of amides is 1. The van der Waals surface area contributed by atoms with E-state index in [1.807, 2.05) is 0 Å². The van der Waals surface area contributed by atoms with Gasteiger partial charge in [-0.25, -0.2) is 4.98 Å². The van der Waals surface area contributed by atoms with E-state index < -0.39 is 4.92 Å². The molecule has 1 aliphatic carbocycles. The molecule has 1 aromatic rings. The average Bonchev–Trinajstić information content (AvgIpc) is 3.18. The molecule has 0 saturated heterocycles. The van der Waals surface area contributed by atoms with Crippen molar-refractivity contribution < 1.29 is 9.72 Å². The summed E-state index contributed by atoms with van der Waals surface area (Å²) in [6, 6.07) is 3.02. The highest BCUT2D eigenvalue weighted by Crippen LogP contribution is 2.23. The highest BCUT2D eigenvalue weighted by molar-refractivity contribution is 6.29. The molecule has 108 valence electrons. The zero-order valence-corrected chi connectivity index (χ0v) is 11.5.